The number of rotatable bonds is 2. The fourth-order valence-corrected chi connectivity index (χ4v) is 3.00. The van der Waals surface area contributed by atoms with Crippen LogP contribution < -0.4 is 10.5 Å². The van der Waals surface area contributed by atoms with Gasteiger partial charge in [0, 0.05) is 39.2 Å². The number of hydrogen-bond acceptors (Lipinski definition) is 5. The summed E-state index contributed by atoms with van der Waals surface area (Å²) in [5, 5.41) is 10.1. The number of aryl methyl sites for hydroxylation is 1. The molecular weight excluding hydrogens is 320 g/mol. The molecule has 25 heavy (non-hydrogen) atoms. The van der Waals surface area contributed by atoms with Gasteiger partial charge in [-0.3, -0.25) is 14.6 Å². The minimum atomic E-state index is -0.227. The van der Waals surface area contributed by atoms with Gasteiger partial charge in [0.15, 0.2) is 0 Å². The second kappa shape index (κ2) is 6.58. The summed E-state index contributed by atoms with van der Waals surface area (Å²) in [6, 6.07) is 5.02. The molecule has 0 atom stereocenters. The van der Waals surface area contributed by atoms with Crippen LogP contribution in [0.25, 0.3) is 0 Å². The molecule has 7 nitrogen and oxygen atoms in total. The molecule has 1 aliphatic heterocycles. The van der Waals surface area contributed by atoms with Gasteiger partial charge in [-0.15, -0.1) is 0 Å². The lowest BCUT2D eigenvalue weighted by molar-refractivity contribution is 0.0760. The Kier molecular flexibility index (Phi) is 4.48. The molecule has 1 amide bonds. The number of phenolic OH excluding ortho intramolecular Hbond substituents is 1. The number of benzene rings is 1. The van der Waals surface area contributed by atoms with Crippen LogP contribution in [0.4, 0.5) is 5.95 Å². The standard InChI is InChI=1S/C18H22N4O3/c1-11-4-5-13(15(23)10-11)17(25)22-8-6-12-14(7-9-22)19-18(21(2)3)20-16(12)24/h4-5,10,23H,6-9H2,1-3H3,(H,19,20,24). The molecule has 0 fully saturated rings. The van der Waals surface area contributed by atoms with Crippen LogP contribution in [0.5, 0.6) is 5.75 Å². The average molecular weight is 342 g/mol. The molecule has 7 heteroatoms. The van der Waals surface area contributed by atoms with E-state index in [1.807, 2.05) is 21.0 Å². The molecule has 132 valence electrons. The summed E-state index contributed by atoms with van der Waals surface area (Å²) < 4.78 is 0. The smallest absolute Gasteiger partial charge is 0.257 e. The normalized spacial score (nSPS) is 14.0. The fourth-order valence-electron chi connectivity index (χ4n) is 3.00. The lowest BCUT2D eigenvalue weighted by Crippen LogP contribution is -2.33. The summed E-state index contributed by atoms with van der Waals surface area (Å²) in [6.07, 6.45) is 0.961. The zero-order valence-electron chi connectivity index (χ0n) is 14.7. The molecule has 1 aliphatic rings. The maximum Gasteiger partial charge on any atom is 0.257 e. The molecule has 2 heterocycles. The van der Waals surface area contributed by atoms with Gasteiger partial charge in [-0.05, 0) is 31.0 Å². The number of hydrogen-bond donors (Lipinski definition) is 2. The van der Waals surface area contributed by atoms with Crippen LogP contribution in [0.2, 0.25) is 0 Å². The SMILES string of the molecule is Cc1ccc(C(=O)N2CCc3nc(N(C)C)[nH]c(=O)c3CC2)c(O)c1. The summed E-state index contributed by atoms with van der Waals surface area (Å²) in [7, 11) is 3.63. The van der Waals surface area contributed by atoms with Crippen LogP contribution in [-0.4, -0.2) is 53.1 Å². The van der Waals surface area contributed by atoms with Gasteiger partial charge in [0.05, 0.1) is 11.3 Å². The number of carbonyl (C=O) groups is 1. The summed E-state index contributed by atoms with van der Waals surface area (Å²) in [5.41, 5.74) is 2.39. The molecule has 2 aromatic rings. The summed E-state index contributed by atoms with van der Waals surface area (Å²) in [4.78, 5) is 35.8. The number of fused-ring (bicyclic) bond motifs is 1. The predicted octanol–water partition coefficient (Wildman–Crippen LogP) is 1.09. The molecule has 0 saturated carbocycles. The third kappa shape index (κ3) is 3.35. The van der Waals surface area contributed by atoms with Crippen molar-refractivity contribution in [1.82, 2.24) is 14.9 Å². The molecule has 0 saturated heterocycles. The lowest BCUT2D eigenvalue weighted by Gasteiger charge is -2.20. The highest BCUT2D eigenvalue weighted by Gasteiger charge is 2.24. The number of nitrogens with zero attached hydrogens (tertiary/aromatic N) is 3. The van der Waals surface area contributed by atoms with Crippen LogP contribution in [0.3, 0.4) is 0 Å². The van der Waals surface area contributed by atoms with Gasteiger partial charge < -0.3 is 14.9 Å². The highest BCUT2D eigenvalue weighted by atomic mass is 16.3. The largest absolute Gasteiger partial charge is 0.507 e. The van der Waals surface area contributed by atoms with Crippen LogP contribution >= 0.6 is 0 Å². The number of aromatic nitrogens is 2. The number of nitrogens with one attached hydrogen (secondary N) is 1. The first-order chi connectivity index (χ1) is 11.9. The maximum atomic E-state index is 12.7. The van der Waals surface area contributed by atoms with Crippen molar-refractivity contribution < 1.29 is 9.90 Å². The minimum Gasteiger partial charge on any atom is -0.507 e. The van der Waals surface area contributed by atoms with E-state index in [9.17, 15) is 14.7 Å². The van der Waals surface area contributed by atoms with Gasteiger partial charge >= 0.3 is 0 Å². The number of H-pyrrole nitrogens is 1. The molecule has 2 N–H and O–H groups in total. The maximum absolute atomic E-state index is 12.7. The third-order valence-corrected chi connectivity index (χ3v) is 4.43. The van der Waals surface area contributed by atoms with Gasteiger partial charge in [-0.1, -0.05) is 6.07 Å². The van der Waals surface area contributed by atoms with Crippen molar-refractivity contribution >= 4 is 11.9 Å². The van der Waals surface area contributed by atoms with E-state index in [-0.39, 0.29) is 22.8 Å². The van der Waals surface area contributed by atoms with Crippen molar-refractivity contribution in [2.75, 3.05) is 32.1 Å². The zero-order valence-corrected chi connectivity index (χ0v) is 14.7. The number of anilines is 1. The zero-order chi connectivity index (χ0) is 18.1. The highest BCUT2D eigenvalue weighted by molar-refractivity contribution is 5.97. The van der Waals surface area contributed by atoms with Gasteiger partial charge in [0.2, 0.25) is 5.95 Å². The Morgan fingerprint density at radius 3 is 2.68 bits per heavy atom. The molecule has 0 aliphatic carbocycles. The van der Waals surface area contributed by atoms with Gasteiger partial charge in [-0.25, -0.2) is 4.98 Å². The van der Waals surface area contributed by atoms with E-state index in [4.69, 9.17) is 0 Å². The molecular formula is C18H22N4O3. The van der Waals surface area contributed by atoms with Crippen LogP contribution in [0.1, 0.15) is 27.2 Å². The summed E-state index contributed by atoms with van der Waals surface area (Å²) in [5.74, 6) is 0.270. The second-order valence-electron chi connectivity index (χ2n) is 6.52. The first kappa shape index (κ1) is 17.0. The predicted molar refractivity (Wildman–Crippen MR) is 95.3 cm³/mol. The molecule has 0 unspecified atom stereocenters. The molecule has 0 bridgehead atoms. The van der Waals surface area contributed by atoms with E-state index < -0.39 is 0 Å². The van der Waals surface area contributed by atoms with Crippen molar-refractivity contribution in [1.29, 1.82) is 0 Å². The number of amides is 1. The Hall–Kier alpha value is -2.83. The second-order valence-corrected chi connectivity index (χ2v) is 6.52. The minimum absolute atomic E-state index is 0.0161. The van der Waals surface area contributed by atoms with Crippen molar-refractivity contribution in [3.8, 4) is 5.75 Å². The molecule has 1 aromatic heterocycles. The molecule has 0 radical (unpaired) electrons. The van der Waals surface area contributed by atoms with E-state index >= 15 is 0 Å². The van der Waals surface area contributed by atoms with E-state index in [1.165, 1.54) is 0 Å². The number of phenols is 1. The van der Waals surface area contributed by atoms with E-state index in [2.05, 4.69) is 9.97 Å². The monoisotopic (exact) mass is 342 g/mol. The van der Waals surface area contributed by atoms with Crippen molar-refractivity contribution in [2.45, 2.75) is 19.8 Å². The van der Waals surface area contributed by atoms with E-state index in [0.29, 0.717) is 37.4 Å². The first-order valence-electron chi connectivity index (χ1n) is 8.25. The van der Waals surface area contributed by atoms with Crippen LogP contribution in [0, 0.1) is 6.92 Å². The quantitative estimate of drug-likeness (QED) is 0.853. The Morgan fingerprint density at radius 1 is 1.28 bits per heavy atom. The Balaban J connectivity index is 1.85. The average Bonchev–Trinajstić information content (AvgIpc) is 2.77. The Bertz CT molecular complexity index is 873. The Labute approximate surface area is 145 Å². The molecule has 1 aromatic carbocycles. The Morgan fingerprint density at radius 2 is 2.00 bits per heavy atom. The number of carbonyl (C=O) groups excluding carboxylic acids is 1. The lowest BCUT2D eigenvalue weighted by atomic mass is 10.1. The highest BCUT2D eigenvalue weighted by Crippen LogP contribution is 2.22. The number of aromatic hydroxyl groups is 1. The van der Waals surface area contributed by atoms with Crippen molar-refractivity contribution in [2.24, 2.45) is 0 Å². The fraction of sp³-hybridized carbons (Fsp3) is 0.389. The summed E-state index contributed by atoms with van der Waals surface area (Å²) in [6.45, 7) is 2.74. The van der Waals surface area contributed by atoms with E-state index in [1.54, 1.807) is 28.0 Å². The van der Waals surface area contributed by atoms with Gasteiger partial charge in [0.1, 0.15) is 5.75 Å². The number of aromatic amines is 1. The summed E-state index contributed by atoms with van der Waals surface area (Å²) >= 11 is 0. The van der Waals surface area contributed by atoms with Gasteiger partial charge in [-0.2, -0.15) is 0 Å². The third-order valence-electron chi connectivity index (χ3n) is 4.43. The van der Waals surface area contributed by atoms with Crippen molar-refractivity contribution in [3.05, 3.63) is 50.9 Å². The molecule has 3 rings (SSSR count). The topological polar surface area (TPSA) is 89.5 Å². The van der Waals surface area contributed by atoms with E-state index in [0.717, 1.165) is 11.3 Å². The van der Waals surface area contributed by atoms with Crippen LogP contribution in [-0.2, 0) is 12.8 Å². The van der Waals surface area contributed by atoms with Crippen molar-refractivity contribution in [3.63, 3.8) is 0 Å². The van der Waals surface area contributed by atoms with Crippen LogP contribution in [0.15, 0.2) is 23.0 Å². The first-order valence-corrected chi connectivity index (χ1v) is 8.25. The van der Waals surface area contributed by atoms with Gasteiger partial charge in [0.25, 0.3) is 11.5 Å². The molecule has 0 spiro atoms.